The van der Waals surface area contributed by atoms with Gasteiger partial charge in [-0.2, -0.15) is 0 Å². The number of aliphatic hydroxyl groups is 3. The maximum absolute atomic E-state index is 14.3. The van der Waals surface area contributed by atoms with Gasteiger partial charge in [-0.3, -0.25) is 9.59 Å². The second-order valence-corrected chi connectivity index (χ2v) is 14.4. The van der Waals surface area contributed by atoms with Gasteiger partial charge in [-0.05, 0) is 69.1 Å². The highest BCUT2D eigenvalue weighted by molar-refractivity contribution is 5.83. The highest BCUT2D eigenvalue weighted by Crippen LogP contribution is 2.78. The summed E-state index contributed by atoms with van der Waals surface area (Å²) in [6.45, 7) is 10.6. The number of esters is 3. The molecule has 0 saturated heterocycles. The molecule has 41 heavy (non-hydrogen) atoms. The van der Waals surface area contributed by atoms with Crippen LogP contribution in [0.4, 0.5) is 0 Å². The van der Waals surface area contributed by atoms with Gasteiger partial charge in [-0.25, -0.2) is 4.79 Å². The summed E-state index contributed by atoms with van der Waals surface area (Å²) in [6.07, 6.45) is 4.28. The first kappa shape index (κ1) is 30.2. The molecule has 1 heterocycles. The van der Waals surface area contributed by atoms with E-state index in [-0.39, 0.29) is 6.61 Å². The van der Waals surface area contributed by atoms with E-state index >= 15 is 0 Å². The molecule has 9 heteroatoms. The van der Waals surface area contributed by atoms with Crippen molar-refractivity contribution in [3.05, 3.63) is 23.8 Å². The van der Waals surface area contributed by atoms with Crippen LogP contribution < -0.4 is 0 Å². The molecule has 0 bridgehead atoms. The zero-order chi connectivity index (χ0) is 30.4. The van der Waals surface area contributed by atoms with E-state index in [0.29, 0.717) is 38.5 Å². The van der Waals surface area contributed by atoms with Crippen molar-refractivity contribution in [3.8, 4) is 0 Å². The Morgan fingerprint density at radius 3 is 2.44 bits per heavy atom. The lowest BCUT2D eigenvalue weighted by molar-refractivity contribution is -0.335. The van der Waals surface area contributed by atoms with E-state index in [1.807, 2.05) is 27.7 Å². The van der Waals surface area contributed by atoms with Crippen LogP contribution in [0.5, 0.6) is 0 Å². The van der Waals surface area contributed by atoms with E-state index < -0.39 is 80.7 Å². The van der Waals surface area contributed by atoms with Crippen molar-refractivity contribution in [3.63, 3.8) is 0 Å². The number of methoxy groups -OCH3 is 1. The van der Waals surface area contributed by atoms with Gasteiger partial charge in [-0.15, -0.1) is 0 Å². The molecule has 3 saturated carbocycles. The van der Waals surface area contributed by atoms with Crippen molar-refractivity contribution in [2.24, 2.45) is 38.9 Å². The minimum atomic E-state index is -1.46. The van der Waals surface area contributed by atoms with E-state index in [4.69, 9.17) is 14.2 Å². The van der Waals surface area contributed by atoms with E-state index in [1.54, 1.807) is 13.0 Å². The Kier molecular flexibility index (Phi) is 6.92. The lowest BCUT2D eigenvalue weighted by atomic mass is 9.29. The summed E-state index contributed by atoms with van der Waals surface area (Å²) in [5.74, 6) is -2.86. The Balaban J connectivity index is 1.81. The molecule has 1 unspecified atom stereocenters. The van der Waals surface area contributed by atoms with Crippen LogP contribution in [-0.2, 0) is 28.6 Å². The van der Waals surface area contributed by atoms with Crippen molar-refractivity contribution < 1.29 is 43.9 Å². The predicted molar refractivity (Wildman–Crippen MR) is 148 cm³/mol. The fourth-order valence-electron chi connectivity index (χ4n) is 10.7. The Bertz CT molecular complexity index is 1210. The second kappa shape index (κ2) is 9.38. The third-order valence-electron chi connectivity index (χ3n) is 12.7. The molecule has 5 rings (SSSR count). The lowest BCUT2D eigenvalue weighted by Gasteiger charge is -2.75. The van der Waals surface area contributed by atoms with E-state index in [1.165, 1.54) is 20.1 Å². The van der Waals surface area contributed by atoms with Crippen molar-refractivity contribution in [2.45, 2.75) is 104 Å². The van der Waals surface area contributed by atoms with Gasteiger partial charge in [-0.1, -0.05) is 38.5 Å². The molecule has 0 aromatic rings. The van der Waals surface area contributed by atoms with Crippen molar-refractivity contribution in [1.29, 1.82) is 0 Å². The van der Waals surface area contributed by atoms with Gasteiger partial charge in [0.15, 0.2) is 0 Å². The summed E-state index contributed by atoms with van der Waals surface area (Å²) < 4.78 is 17.1. The minimum absolute atomic E-state index is 0.257. The fourth-order valence-corrected chi connectivity index (χ4v) is 10.7. The molecular formula is C32H46O9. The molecule has 0 radical (unpaired) electrons. The number of fused-ring (bicyclic) bond motifs is 7. The van der Waals surface area contributed by atoms with Crippen molar-refractivity contribution in [1.82, 2.24) is 0 Å². The Labute approximate surface area is 242 Å². The van der Waals surface area contributed by atoms with Crippen LogP contribution in [0, 0.1) is 38.9 Å². The van der Waals surface area contributed by atoms with Crippen LogP contribution in [0.2, 0.25) is 0 Å². The van der Waals surface area contributed by atoms with E-state index in [0.717, 1.165) is 5.57 Å². The summed E-state index contributed by atoms with van der Waals surface area (Å²) in [4.78, 5) is 39.5. The maximum Gasteiger partial charge on any atom is 0.330 e. The van der Waals surface area contributed by atoms with Gasteiger partial charge >= 0.3 is 17.9 Å². The minimum Gasteiger partial charge on any atom is -0.468 e. The molecule has 3 N–H and O–H groups in total. The zero-order valence-electron chi connectivity index (χ0n) is 25.4. The van der Waals surface area contributed by atoms with E-state index in [9.17, 15) is 29.7 Å². The molecule has 0 amide bonds. The standard InChI is InChI=1S/C32H46O9/c1-18-10-11-27(4)12-14-29(6)24-23(41-20(3)34)25(36)30(19(2)33)17-40-22(35)9-8-21(30)28(24,5)13-15-31(29,26(37)39-7)32(27,38)16-18/h8-10,19,21,23-25,33,36,38H,11-17H2,1-7H3/t19?,21-,23-,24-,25-,27+,28-,29+,30+,31-,32-/m0/s1. The molecule has 9 nitrogen and oxygen atoms in total. The Morgan fingerprint density at radius 1 is 1.15 bits per heavy atom. The van der Waals surface area contributed by atoms with Crippen LogP contribution in [0.1, 0.15) is 80.1 Å². The molecule has 0 spiro atoms. The summed E-state index contributed by atoms with van der Waals surface area (Å²) in [5, 5.41) is 36.5. The van der Waals surface area contributed by atoms with Gasteiger partial charge < -0.3 is 29.5 Å². The van der Waals surface area contributed by atoms with E-state index in [2.05, 4.69) is 6.08 Å². The number of hydrogen-bond acceptors (Lipinski definition) is 9. The first-order valence-corrected chi connectivity index (χ1v) is 14.9. The second-order valence-electron chi connectivity index (χ2n) is 14.4. The van der Waals surface area contributed by atoms with Crippen molar-refractivity contribution >= 4 is 17.9 Å². The molecule has 4 aliphatic carbocycles. The third kappa shape index (κ3) is 3.54. The topological polar surface area (TPSA) is 140 Å². The van der Waals surface area contributed by atoms with Crippen LogP contribution in [0.15, 0.2) is 23.8 Å². The largest absolute Gasteiger partial charge is 0.468 e. The highest BCUT2D eigenvalue weighted by atomic mass is 16.6. The first-order valence-electron chi connectivity index (χ1n) is 14.9. The zero-order valence-corrected chi connectivity index (χ0v) is 25.4. The molecule has 3 fully saturated rings. The maximum atomic E-state index is 14.3. The first-order chi connectivity index (χ1) is 19.0. The smallest absolute Gasteiger partial charge is 0.330 e. The quantitative estimate of drug-likeness (QED) is 0.263. The third-order valence-corrected chi connectivity index (χ3v) is 12.7. The molecule has 11 atom stereocenters. The summed E-state index contributed by atoms with van der Waals surface area (Å²) >= 11 is 0. The van der Waals surface area contributed by atoms with Crippen LogP contribution in [0.3, 0.4) is 0 Å². The van der Waals surface area contributed by atoms with Crippen LogP contribution in [0.25, 0.3) is 0 Å². The fraction of sp³-hybridized carbons (Fsp3) is 0.781. The molecule has 1 aliphatic heterocycles. The number of ether oxygens (including phenoxy) is 3. The molecular weight excluding hydrogens is 528 g/mol. The molecule has 0 aromatic carbocycles. The monoisotopic (exact) mass is 574 g/mol. The highest BCUT2D eigenvalue weighted by Gasteiger charge is 2.82. The predicted octanol–water partition coefficient (Wildman–Crippen LogP) is 3.24. The summed E-state index contributed by atoms with van der Waals surface area (Å²) in [5.41, 5.74) is -5.54. The van der Waals surface area contributed by atoms with Crippen LogP contribution in [-0.4, -0.2) is 70.9 Å². The average molecular weight is 575 g/mol. The number of aliphatic hydroxyl groups excluding tert-OH is 2. The summed E-state index contributed by atoms with van der Waals surface area (Å²) in [6, 6.07) is 0. The number of cyclic esters (lactones) is 1. The number of carbonyl (C=O) groups is 3. The van der Waals surface area contributed by atoms with Gasteiger partial charge in [0.1, 0.15) is 24.2 Å². The normalized spacial score (nSPS) is 49.5. The van der Waals surface area contributed by atoms with Gasteiger partial charge in [0.25, 0.3) is 0 Å². The van der Waals surface area contributed by atoms with Gasteiger partial charge in [0, 0.05) is 24.3 Å². The SMILES string of the molecule is COC(=O)[C@@]12CC[C@@]3(C)[C@@H]4C=CC(=O)OC[C@]4(C(C)O)[C@@H](O)[C@@H](OC(C)=O)[C@@H]3[C@@]1(C)CC[C@@]1(C)CC=C(C)C[C@]12O. The molecule has 0 aromatic heterocycles. The Hall–Kier alpha value is -2.23. The van der Waals surface area contributed by atoms with Crippen LogP contribution >= 0.6 is 0 Å². The molecule has 228 valence electrons. The average Bonchev–Trinajstić information content (AvgIpc) is 3.08. The number of allylic oxidation sites excluding steroid dienone is 2. The molecule has 5 aliphatic rings. The lowest BCUT2D eigenvalue weighted by Crippen LogP contribution is -2.80. The summed E-state index contributed by atoms with van der Waals surface area (Å²) in [7, 11) is 1.35. The number of hydrogen-bond donors (Lipinski definition) is 3. The number of carbonyl (C=O) groups excluding carboxylic acids is 3. The van der Waals surface area contributed by atoms with Gasteiger partial charge in [0.05, 0.1) is 24.2 Å². The number of rotatable bonds is 3. The van der Waals surface area contributed by atoms with Crippen molar-refractivity contribution in [2.75, 3.05) is 13.7 Å². The van der Waals surface area contributed by atoms with Gasteiger partial charge in [0.2, 0.25) is 0 Å². The Morgan fingerprint density at radius 2 is 1.83 bits per heavy atom.